The minimum Gasteiger partial charge on any atom is -0.353 e. The molecule has 0 saturated carbocycles. The summed E-state index contributed by atoms with van der Waals surface area (Å²) in [6, 6.07) is 11.6. The van der Waals surface area contributed by atoms with Gasteiger partial charge in [0, 0.05) is 42.9 Å². The van der Waals surface area contributed by atoms with Crippen molar-refractivity contribution in [2.24, 2.45) is 0 Å². The highest BCUT2D eigenvalue weighted by Crippen LogP contribution is 2.12. The summed E-state index contributed by atoms with van der Waals surface area (Å²) in [4.78, 5) is 28.5. The fourth-order valence-electron chi connectivity index (χ4n) is 2.74. The van der Waals surface area contributed by atoms with Gasteiger partial charge in [-0.15, -0.1) is 0 Å². The number of nitrogens with one attached hydrogen (secondary N) is 2. The number of rotatable bonds is 8. The first-order valence-electron chi connectivity index (χ1n) is 9.06. The molecule has 5 nitrogen and oxygen atoms in total. The van der Waals surface area contributed by atoms with Gasteiger partial charge in [0.15, 0.2) is 0 Å². The summed E-state index contributed by atoms with van der Waals surface area (Å²) in [5.41, 5.74) is 4.03. The summed E-state index contributed by atoms with van der Waals surface area (Å²) < 4.78 is 0. The summed E-state index contributed by atoms with van der Waals surface area (Å²) in [5.74, 6) is -0.273. The second-order valence-electron chi connectivity index (χ2n) is 6.54. The van der Waals surface area contributed by atoms with Crippen LogP contribution in [0, 0.1) is 6.92 Å². The molecular formula is C21H27N3O2. The standard InChI is InChI=1S/C21H27N3O2/c1-4-17-8-5-9-18(14-17)24-21(26)11-10-20(25)23-16(3)13-19-15(2)7-6-12-22-19/h5-9,12,14,16H,4,10-11,13H2,1-3H3,(H,23,25)(H,24,26). The fraction of sp³-hybridized carbons (Fsp3) is 0.381. The van der Waals surface area contributed by atoms with Gasteiger partial charge in [0.25, 0.3) is 0 Å². The van der Waals surface area contributed by atoms with Crippen molar-refractivity contribution in [3.8, 4) is 0 Å². The average molecular weight is 353 g/mol. The topological polar surface area (TPSA) is 71.1 Å². The van der Waals surface area contributed by atoms with E-state index in [0.29, 0.717) is 6.42 Å². The molecule has 2 amide bonds. The van der Waals surface area contributed by atoms with Crippen LogP contribution in [0.3, 0.4) is 0 Å². The van der Waals surface area contributed by atoms with Crippen LogP contribution >= 0.6 is 0 Å². The van der Waals surface area contributed by atoms with Gasteiger partial charge in [0.2, 0.25) is 11.8 Å². The molecule has 0 radical (unpaired) electrons. The van der Waals surface area contributed by atoms with E-state index >= 15 is 0 Å². The molecule has 0 saturated heterocycles. The molecule has 1 atom stereocenters. The van der Waals surface area contributed by atoms with Crippen LogP contribution in [0.4, 0.5) is 5.69 Å². The van der Waals surface area contributed by atoms with Crippen LogP contribution in [0.1, 0.15) is 43.5 Å². The number of nitrogens with zero attached hydrogens (tertiary/aromatic N) is 1. The Labute approximate surface area is 155 Å². The van der Waals surface area contributed by atoms with E-state index in [1.807, 2.05) is 50.2 Å². The van der Waals surface area contributed by atoms with Gasteiger partial charge in [-0.3, -0.25) is 14.6 Å². The summed E-state index contributed by atoms with van der Waals surface area (Å²) in [7, 11) is 0. The zero-order valence-electron chi connectivity index (χ0n) is 15.7. The molecule has 2 rings (SSSR count). The van der Waals surface area contributed by atoms with Crippen LogP contribution < -0.4 is 10.6 Å². The van der Waals surface area contributed by atoms with E-state index in [0.717, 1.165) is 23.4 Å². The second-order valence-corrected chi connectivity index (χ2v) is 6.54. The molecule has 0 aliphatic rings. The van der Waals surface area contributed by atoms with Crippen molar-refractivity contribution in [3.63, 3.8) is 0 Å². The highest BCUT2D eigenvalue weighted by atomic mass is 16.2. The summed E-state index contributed by atoms with van der Waals surface area (Å²) >= 11 is 0. The zero-order chi connectivity index (χ0) is 18.9. The number of carbonyl (C=O) groups is 2. The van der Waals surface area contributed by atoms with Gasteiger partial charge in [-0.2, -0.15) is 0 Å². The monoisotopic (exact) mass is 353 g/mol. The maximum Gasteiger partial charge on any atom is 0.224 e. The Morgan fingerprint density at radius 1 is 1.12 bits per heavy atom. The SMILES string of the molecule is CCc1cccc(NC(=O)CCC(=O)NC(C)Cc2ncccc2C)c1. The highest BCUT2D eigenvalue weighted by molar-refractivity contribution is 5.93. The molecule has 0 aliphatic heterocycles. The quantitative estimate of drug-likeness (QED) is 0.764. The minimum atomic E-state index is -0.151. The minimum absolute atomic E-state index is 0.0274. The lowest BCUT2D eigenvalue weighted by atomic mass is 10.1. The molecule has 0 fully saturated rings. The molecule has 1 heterocycles. The van der Waals surface area contributed by atoms with Gasteiger partial charge in [-0.25, -0.2) is 0 Å². The smallest absolute Gasteiger partial charge is 0.224 e. The maximum atomic E-state index is 12.1. The van der Waals surface area contributed by atoms with Gasteiger partial charge in [0.1, 0.15) is 0 Å². The normalized spacial score (nSPS) is 11.7. The first-order valence-corrected chi connectivity index (χ1v) is 9.06. The highest BCUT2D eigenvalue weighted by Gasteiger charge is 2.12. The predicted molar refractivity (Wildman–Crippen MR) is 104 cm³/mol. The maximum absolute atomic E-state index is 12.1. The lowest BCUT2D eigenvalue weighted by Crippen LogP contribution is -2.34. The number of carbonyl (C=O) groups excluding carboxylic acids is 2. The third kappa shape index (κ3) is 6.31. The molecule has 5 heteroatoms. The van der Waals surface area contributed by atoms with E-state index in [-0.39, 0.29) is 30.7 Å². The lowest BCUT2D eigenvalue weighted by Gasteiger charge is -2.14. The Bertz CT molecular complexity index is 758. The molecule has 138 valence electrons. The number of pyridine rings is 1. The number of benzene rings is 1. The third-order valence-corrected chi connectivity index (χ3v) is 4.22. The van der Waals surface area contributed by atoms with E-state index < -0.39 is 0 Å². The Balaban J connectivity index is 1.75. The molecule has 0 bridgehead atoms. The largest absolute Gasteiger partial charge is 0.353 e. The van der Waals surface area contributed by atoms with Crippen molar-refractivity contribution >= 4 is 17.5 Å². The van der Waals surface area contributed by atoms with E-state index in [1.165, 1.54) is 5.56 Å². The van der Waals surface area contributed by atoms with E-state index in [4.69, 9.17) is 0 Å². The van der Waals surface area contributed by atoms with Crippen molar-refractivity contribution in [3.05, 3.63) is 59.4 Å². The number of hydrogen-bond acceptors (Lipinski definition) is 3. The van der Waals surface area contributed by atoms with Crippen LogP contribution in [0.25, 0.3) is 0 Å². The Morgan fingerprint density at radius 2 is 1.88 bits per heavy atom. The van der Waals surface area contributed by atoms with Gasteiger partial charge in [-0.1, -0.05) is 25.1 Å². The van der Waals surface area contributed by atoms with Crippen molar-refractivity contribution in [2.75, 3.05) is 5.32 Å². The van der Waals surface area contributed by atoms with Gasteiger partial charge >= 0.3 is 0 Å². The van der Waals surface area contributed by atoms with Crippen LogP contribution in [0.15, 0.2) is 42.6 Å². The van der Waals surface area contributed by atoms with Crippen LogP contribution in [0.2, 0.25) is 0 Å². The van der Waals surface area contributed by atoms with Crippen molar-refractivity contribution in [2.45, 2.75) is 52.5 Å². The molecule has 2 aromatic rings. The number of hydrogen-bond donors (Lipinski definition) is 2. The first kappa shape index (κ1) is 19.6. The van der Waals surface area contributed by atoms with Crippen LogP contribution in [-0.2, 0) is 22.4 Å². The van der Waals surface area contributed by atoms with Crippen LogP contribution in [0.5, 0.6) is 0 Å². The predicted octanol–water partition coefficient (Wildman–Crippen LogP) is 3.42. The molecule has 1 aromatic carbocycles. The zero-order valence-corrected chi connectivity index (χ0v) is 15.7. The molecule has 1 aromatic heterocycles. The lowest BCUT2D eigenvalue weighted by molar-refractivity contribution is -0.124. The number of aryl methyl sites for hydroxylation is 2. The van der Waals surface area contributed by atoms with Gasteiger partial charge < -0.3 is 10.6 Å². The molecule has 0 aliphatic carbocycles. The summed E-state index contributed by atoms with van der Waals surface area (Å²) in [6.45, 7) is 6.02. The Kier molecular flexibility index (Phi) is 7.33. The van der Waals surface area contributed by atoms with E-state index in [2.05, 4.69) is 22.5 Å². The van der Waals surface area contributed by atoms with Gasteiger partial charge in [0.05, 0.1) is 0 Å². The molecule has 2 N–H and O–H groups in total. The Hall–Kier alpha value is -2.69. The fourth-order valence-corrected chi connectivity index (χ4v) is 2.74. The molecule has 26 heavy (non-hydrogen) atoms. The molecule has 1 unspecified atom stereocenters. The number of anilines is 1. The number of amides is 2. The van der Waals surface area contributed by atoms with Crippen LogP contribution in [-0.4, -0.2) is 22.8 Å². The first-order chi connectivity index (χ1) is 12.5. The van der Waals surface area contributed by atoms with Gasteiger partial charge in [-0.05, 0) is 49.6 Å². The number of aromatic nitrogens is 1. The summed E-state index contributed by atoms with van der Waals surface area (Å²) in [6.07, 6.45) is 3.69. The molecule has 0 spiro atoms. The van der Waals surface area contributed by atoms with E-state index in [1.54, 1.807) is 6.20 Å². The van der Waals surface area contributed by atoms with Crippen molar-refractivity contribution in [1.82, 2.24) is 10.3 Å². The second kappa shape index (κ2) is 9.70. The third-order valence-electron chi connectivity index (χ3n) is 4.22. The van der Waals surface area contributed by atoms with Crippen molar-refractivity contribution in [1.29, 1.82) is 0 Å². The molecular weight excluding hydrogens is 326 g/mol. The summed E-state index contributed by atoms with van der Waals surface area (Å²) in [5, 5.41) is 5.78. The van der Waals surface area contributed by atoms with Crippen molar-refractivity contribution < 1.29 is 9.59 Å². The Morgan fingerprint density at radius 3 is 2.62 bits per heavy atom. The average Bonchev–Trinajstić information content (AvgIpc) is 2.62. The van der Waals surface area contributed by atoms with E-state index in [9.17, 15) is 9.59 Å².